The number of carbonyl (C=O) groups excluding carboxylic acids is 2. The summed E-state index contributed by atoms with van der Waals surface area (Å²) in [6.45, 7) is 13.0. The predicted molar refractivity (Wildman–Crippen MR) is 184 cm³/mol. The minimum absolute atomic E-state index is 0.195. The van der Waals surface area contributed by atoms with E-state index < -0.39 is 23.4 Å². The number of pyridine rings is 1. The summed E-state index contributed by atoms with van der Waals surface area (Å²) in [4.78, 5) is 30.5. The van der Waals surface area contributed by atoms with Gasteiger partial charge >= 0.3 is 12.2 Å². The number of amides is 1. The van der Waals surface area contributed by atoms with E-state index >= 15 is 0 Å². The van der Waals surface area contributed by atoms with Crippen molar-refractivity contribution in [2.75, 3.05) is 6.61 Å². The minimum Gasteiger partial charge on any atom is -0.490 e. The highest BCUT2D eigenvalue weighted by molar-refractivity contribution is 5.94. The molecule has 5 rings (SSSR count). The summed E-state index contributed by atoms with van der Waals surface area (Å²) < 4.78 is 18.7. The van der Waals surface area contributed by atoms with Gasteiger partial charge in [-0.3, -0.25) is 4.98 Å². The first kappa shape index (κ1) is 33.2. The van der Waals surface area contributed by atoms with Crippen LogP contribution in [0.25, 0.3) is 33.3 Å². The van der Waals surface area contributed by atoms with E-state index in [1.54, 1.807) is 6.20 Å². The smallest absolute Gasteiger partial charge is 0.435 e. The van der Waals surface area contributed by atoms with Gasteiger partial charge in [0.05, 0.1) is 29.1 Å². The molecule has 2 aromatic heterocycles. The molecule has 0 aliphatic carbocycles. The first-order valence-electron chi connectivity index (χ1n) is 15.7. The average Bonchev–Trinajstić information content (AvgIpc) is 3.34. The van der Waals surface area contributed by atoms with E-state index in [0.29, 0.717) is 23.4 Å². The van der Waals surface area contributed by atoms with Crippen LogP contribution in [-0.4, -0.2) is 50.8 Å². The zero-order chi connectivity index (χ0) is 33.8. The van der Waals surface area contributed by atoms with Crippen LogP contribution in [0.5, 0.6) is 5.75 Å². The topological polar surface area (TPSA) is 105 Å². The third-order valence-electron chi connectivity index (χ3n) is 7.15. The van der Waals surface area contributed by atoms with Crippen molar-refractivity contribution in [2.24, 2.45) is 0 Å². The lowest BCUT2D eigenvalue weighted by atomic mass is 9.98. The molecule has 244 valence electrons. The van der Waals surface area contributed by atoms with E-state index in [4.69, 9.17) is 19.2 Å². The molecule has 9 heteroatoms. The molecule has 0 bridgehead atoms. The molecule has 3 aromatic carbocycles. The number of hydrogen-bond donors (Lipinski definition) is 1. The molecule has 0 fully saturated rings. The van der Waals surface area contributed by atoms with Crippen LogP contribution in [0.3, 0.4) is 0 Å². The Hall–Kier alpha value is -5.18. The van der Waals surface area contributed by atoms with Gasteiger partial charge in [-0.1, -0.05) is 66.7 Å². The molecule has 0 radical (unpaired) electrons. The zero-order valence-corrected chi connectivity index (χ0v) is 28.0. The van der Waals surface area contributed by atoms with Crippen LogP contribution in [0.2, 0.25) is 0 Å². The molecule has 1 atom stereocenters. The molecular formula is C38H42N4O5. The van der Waals surface area contributed by atoms with Crippen molar-refractivity contribution in [3.8, 4) is 28.1 Å². The molecule has 0 saturated carbocycles. The Balaban J connectivity index is 1.47. The van der Waals surface area contributed by atoms with E-state index in [2.05, 4.69) is 10.4 Å². The standard InChI is InChI=1S/C38H42N4O5/c1-25-31-21-28(18-19-33(31)42(41-25)36(44)47-38(5,6)7)32-22-30(23-39-34(32)27-16-12-9-13-17-27)45-24-29(20-26-14-10-8-11-15-26)40-35(43)46-37(2,3)4/h8-19,21-23,29H,20,24H2,1-7H3,(H,40,43)/t29-/m0/s1. The molecule has 2 heterocycles. The van der Waals surface area contributed by atoms with E-state index in [-0.39, 0.29) is 12.6 Å². The minimum atomic E-state index is -0.650. The third-order valence-corrected chi connectivity index (χ3v) is 7.15. The van der Waals surface area contributed by atoms with Crippen LogP contribution in [0.4, 0.5) is 9.59 Å². The highest BCUT2D eigenvalue weighted by Crippen LogP contribution is 2.35. The summed E-state index contributed by atoms with van der Waals surface area (Å²) in [5, 5.41) is 8.29. The summed E-state index contributed by atoms with van der Waals surface area (Å²) in [6.07, 6.45) is 1.22. The second-order valence-corrected chi connectivity index (χ2v) is 13.5. The van der Waals surface area contributed by atoms with E-state index in [1.165, 1.54) is 4.68 Å². The zero-order valence-electron chi connectivity index (χ0n) is 28.0. The molecule has 0 aliphatic heterocycles. The molecule has 1 N–H and O–H groups in total. The molecule has 1 amide bonds. The summed E-state index contributed by atoms with van der Waals surface area (Å²) in [6, 6.07) is 27.3. The molecule has 9 nitrogen and oxygen atoms in total. The van der Waals surface area contributed by atoms with Crippen molar-refractivity contribution in [1.29, 1.82) is 0 Å². The van der Waals surface area contributed by atoms with Crippen molar-refractivity contribution in [3.05, 3.63) is 102 Å². The van der Waals surface area contributed by atoms with Crippen LogP contribution in [-0.2, 0) is 15.9 Å². The number of rotatable bonds is 8. The van der Waals surface area contributed by atoms with Crippen LogP contribution in [0, 0.1) is 6.92 Å². The van der Waals surface area contributed by atoms with Crippen LogP contribution in [0.15, 0.2) is 91.1 Å². The van der Waals surface area contributed by atoms with Crippen molar-refractivity contribution < 1.29 is 23.8 Å². The summed E-state index contributed by atoms with van der Waals surface area (Å²) >= 11 is 0. The van der Waals surface area contributed by atoms with E-state index in [1.807, 2.05) is 133 Å². The van der Waals surface area contributed by atoms with Gasteiger partial charge in [0, 0.05) is 16.5 Å². The van der Waals surface area contributed by atoms with E-state index in [9.17, 15) is 9.59 Å². The fourth-order valence-corrected chi connectivity index (χ4v) is 5.17. The Morgan fingerprint density at radius 2 is 1.49 bits per heavy atom. The number of alkyl carbamates (subject to hydrolysis) is 1. The van der Waals surface area contributed by atoms with Gasteiger partial charge in [0.1, 0.15) is 23.6 Å². The van der Waals surface area contributed by atoms with Gasteiger partial charge in [0.15, 0.2) is 0 Å². The number of nitrogens with zero attached hydrogens (tertiary/aromatic N) is 3. The maximum Gasteiger partial charge on any atom is 0.435 e. The predicted octanol–water partition coefficient (Wildman–Crippen LogP) is 8.37. The Bertz CT molecular complexity index is 1850. The van der Waals surface area contributed by atoms with Crippen LogP contribution < -0.4 is 10.1 Å². The van der Waals surface area contributed by atoms with Crippen LogP contribution >= 0.6 is 0 Å². The maximum absolute atomic E-state index is 12.9. The number of fused-ring (bicyclic) bond motifs is 1. The Morgan fingerprint density at radius 3 is 2.15 bits per heavy atom. The normalized spacial score (nSPS) is 12.4. The lowest BCUT2D eigenvalue weighted by Gasteiger charge is -2.24. The molecule has 0 spiro atoms. The van der Waals surface area contributed by atoms with Crippen molar-refractivity contribution in [1.82, 2.24) is 20.1 Å². The monoisotopic (exact) mass is 634 g/mol. The Labute approximate surface area is 275 Å². The third kappa shape index (κ3) is 8.76. The Kier molecular flexibility index (Phi) is 9.65. The maximum atomic E-state index is 12.9. The molecular weight excluding hydrogens is 592 g/mol. The summed E-state index contributed by atoms with van der Waals surface area (Å²) in [7, 11) is 0. The van der Waals surface area contributed by atoms with Gasteiger partial charge < -0.3 is 19.5 Å². The molecule has 0 aliphatic rings. The largest absolute Gasteiger partial charge is 0.490 e. The number of aryl methyl sites for hydroxylation is 1. The highest BCUT2D eigenvalue weighted by Gasteiger charge is 2.23. The van der Waals surface area contributed by atoms with Crippen molar-refractivity contribution in [2.45, 2.75) is 72.1 Å². The second kappa shape index (κ2) is 13.7. The first-order valence-corrected chi connectivity index (χ1v) is 15.7. The van der Waals surface area contributed by atoms with Crippen molar-refractivity contribution >= 4 is 23.1 Å². The quantitative estimate of drug-likeness (QED) is 0.183. The van der Waals surface area contributed by atoms with Gasteiger partial charge in [-0.25, -0.2) is 9.59 Å². The second-order valence-electron chi connectivity index (χ2n) is 13.5. The summed E-state index contributed by atoms with van der Waals surface area (Å²) in [5.41, 5.74) is 4.59. The number of nitrogens with one attached hydrogen (secondary N) is 1. The van der Waals surface area contributed by atoms with Crippen LogP contribution in [0.1, 0.15) is 52.8 Å². The highest BCUT2D eigenvalue weighted by atomic mass is 16.6. The van der Waals surface area contributed by atoms with E-state index in [0.717, 1.165) is 33.3 Å². The van der Waals surface area contributed by atoms with Gasteiger partial charge in [-0.05, 0) is 84.2 Å². The number of hydrogen-bond acceptors (Lipinski definition) is 7. The number of carbonyl (C=O) groups is 2. The molecule has 0 unspecified atom stereocenters. The number of ether oxygens (including phenoxy) is 3. The molecule has 47 heavy (non-hydrogen) atoms. The SMILES string of the molecule is Cc1nn(C(=O)OC(C)(C)C)c2ccc(-c3cc(OC[C@H](Cc4ccccc4)NC(=O)OC(C)(C)C)cnc3-c3ccccc3)cc12. The Morgan fingerprint density at radius 1 is 0.830 bits per heavy atom. The van der Waals surface area contributed by atoms with Crippen molar-refractivity contribution in [3.63, 3.8) is 0 Å². The average molecular weight is 635 g/mol. The summed E-state index contributed by atoms with van der Waals surface area (Å²) in [5.74, 6) is 0.546. The van der Waals surface area contributed by atoms with Gasteiger partial charge in [0.25, 0.3) is 0 Å². The van der Waals surface area contributed by atoms with Gasteiger partial charge in [-0.15, -0.1) is 0 Å². The number of aromatic nitrogens is 3. The fourth-order valence-electron chi connectivity index (χ4n) is 5.17. The molecule has 5 aromatic rings. The number of benzene rings is 3. The van der Waals surface area contributed by atoms with Gasteiger partial charge in [0.2, 0.25) is 0 Å². The molecule has 0 saturated heterocycles. The first-order chi connectivity index (χ1) is 22.3. The fraction of sp³-hybridized carbons (Fsp3) is 0.316. The lowest BCUT2D eigenvalue weighted by Crippen LogP contribution is -2.43. The van der Waals surface area contributed by atoms with Gasteiger partial charge in [-0.2, -0.15) is 9.78 Å². The lowest BCUT2D eigenvalue weighted by molar-refractivity contribution is 0.0484.